The Hall–Kier alpha value is 0.790. The summed E-state index contributed by atoms with van der Waals surface area (Å²) in [7, 11) is 6.28. The predicted octanol–water partition coefficient (Wildman–Crippen LogP) is 6.18. The van der Waals surface area contributed by atoms with Gasteiger partial charge in [-0.15, -0.1) is 0 Å². The first-order valence-corrected chi connectivity index (χ1v) is 10.7. The van der Waals surface area contributed by atoms with Crippen LogP contribution >= 0.6 is 28.1 Å². The number of hydrogen-bond donors (Lipinski definition) is 0. The molecule has 0 saturated carbocycles. The molecule has 0 spiro atoms. The Morgan fingerprint density at radius 1 is 0.889 bits per heavy atom. The van der Waals surface area contributed by atoms with Crippen LogP contribution in [0.25, 0.3) is 0 Å². The van der Waals surface area contributed by atoms with E-state index >= 15 is 0 Å². The summed E-state index contributed by atoms with van der Waals surface area (Å²) in [6, 6.07) is 0. The van der Waals surface area contributed by atoms with Crippen molar-refractivity contribution in [1.82, 2.24) is 0 Å². The van der Waals surface area contributed by atoms with Gasteiger partial charge in [0.05, 0.1) is 23.8 Å². The molecule has 0 aliphatic carbocycles. The number of unbranched alkanes of at least 4 members (excludes halogenated alkanes) is 6. The van der Waals surface area contributed by atoms with Gasteiger partial charge in [-0.2, -0.15) is 0 Å². The van der Waals surface area contributed by atoms with Gasteiger partial charge in [-0.25, -0.2) is 4.57 Å². The minimum absolute atomic E-state index is 0.464. The van der Waals surface area contributed by atoms with Gasteiger partial charge in [0.25, 0.3) is 0 Å². The molecule has 0 aromatic heterocycles. The van der Waals surface area contributed by atoms with Crippen LogP contribution in [0, 0.1) is 0 Å². The van der Waals surface area contributed by atoms with E-state index in [1.807, 2.05) is 0 Å². The normalized spacial score (nSPS) is 11.9. The van der Waals surface area contributed by atoms with Crippen LogP contribution in [0.3, 0.4) is 0 Å². The summed E-state index contributed by atoms with van der Waals surface area (Å²) in [6.45, 7) is 2.12. The van der Waals surface area contributed by atoms with Gasteiger partial charge in [0.15, 0.2) is 0 Å². The highest BCUT2D eigenvalue weighted by Gasteiger charge is 2.24. The van der Waals surface area contributed by atoms with Gasteiger partial charge in [-0.05, 0) is 23.5 Å². The third-order valence-corrected chi connectivity index (χ3v) is 6.41. The van der Waals surface area contributed by atoms with E-state index in [4.69, 9.17) is 19.7 Å². The van der Waals surface area contributed by atoms with Crippen molar-refractivity contribution < 1.29 is 13.6 Å². The molecule has 3 nitrogen and oxygen atoms in total. The fourth-order valence-corrected chi connectivity index (χ4v) is 3.75. The van der Waals surface area contributed by atoms with Crippen LogP contribution in [0.4, 0.5) is 0 Å². The van der Waals surface area contributed by atoms with E-state index in [2.05, 4.69) is 13.8 Å². The maximum atomic E-state index is 12.0. The third-order valence-electron chi connectivity index (χ3n) is 2.58. The van der Waals surface area contributed by atoms with E-state index in [0.717, 1.165) is 25.7 Å². The SMILES string of the molecule is CCCCCCOP(=O)(OCCCCCC)SCl. The van der Waals surface area contributed by atoms with Gasteiger partial charge in [0, 0.05) is 0 Å². The van der Waals surface area contributed by atoms with E-state index in [0.29, 0.717) is 23.8 Å². The van der Waals surface area contributed by atoms with Crippen molar-refractivity contribution >= 4 is 28.1 Å². The Kier molecular flexibility index (Phi) is 13.4. The molecule has 0 saturated heterocycles. The van der Waals surface area contributed by atoms with E-state index in [-0.39, 0.29) is 0 Å². The molecule has 0 rings (SSSR count). The molecule has 18 heavy (non-hydrogen) atoms. The Bertz CT molecular complexity index is 211. The second kappa shape index (κ2) is 12.8. The molecule has 0 bridgehead atoms. The number of hydrogen-bond acceptors (Lipinski definition) is 4. The number of rotatable bonds is 13. The molecule has 0 amide bonds. The molecule has 0 atom stereocenters. The lowest BCUT2D eigenvalue weighted by Crippen LogP contribution is -1.96. The molecule has 0 unspecified atom stereocenters. The van der Waals surface area contributed by atoms with Crippen molar-refractivity contribution in [2.75, 3.05) is 13.2 Å². The first kappa shape index (κ1) is 18.8. The summed E-state index contributed by atoms with van der Waals surface area (Å²) in [5.41, 5.74) is 0. The van der Waals surface area contributed by atoms with Crippen molar-refractivity contribution in [3.63, 3.8) is 0 Å². The second-order valence-electron chi connectivity index (χ2n) is 4.30. The topological polar surface area (TPSA) is 35.5 Å². The van der Waals surface area contributed by atoms with Crippen molar-refractivity contribution in [1.29, 1.82) is 0 Å². The van der Waals surface area contributed by atoms with E-state index in [9.17, 15) is 4.57 Å². The number of halogens is 1. The zero-order valence-electron chi connectivity index (χ0n) is 11.5. The van der Waals surface area contributed by atoms with Crippen molar-refractivity contribution in [2.45, 2.75) is 65.2 Å². The van der Waals surface area contributed by atoms with Crippen LogP contribution in [0.5, 0.6) is 0 Å². The monoisotopic (exact) mass is 316 g/mol. The molecule has 0 aromatic rings. The molecule has 0 aliphatic heterocycles. The van der Waals surface area contributed by atoms with Crippen LogP contribution in [0.1, 0.15) is 65.2 Å². The van der Waals surface area contributed by atoms with Gasteiger partial charge in [0.2, 0.25) is 0 Å². The van der Waals surface area contributed by atoms with Crippen LogP contribution in [0.2, 0.25) is 0 Å². The first-order chi connectivity index (χ1) is 8.68. The molecular weight excluding hydrogens is 291 g/mol. The maximum absolute atomic E-state index is 12.0. The van der Waals surface area contributed by atoms with Crippen LogP contribution in [-0.2, 0) is 13.6 Å². The van der Waals surface area contributed by atoms with E-state index in [1.165, 1.54) is 25.7 Å². The minimum atomic E-state index is -3.12. The van der Waals surface area contributed by atoms with Gasteiger partial charge < -0.3 is 0 Å². The highest BCUT2D eigenvalue weighted by molar-refractivity contribution is 8.66. The average molecular weight is 317 g/mol. The average Bonchev–Trinajstić information content (AvgIpc) is 2.38. The smallest absolute Gasteiger partial charge is 0.300 e. The molecular formula is C12H26ClO3PS. The summed E-state index contributed by atoms with van der Waals surface area (Å²) in [4.78, 5) is 0. The lowest BCUT2D eigenvalue weighted by Gasteiger charge is -2.14. The van der Waals surface area contributed by atoms with E-state index < -0.39 is 6.80 Å². The largest absolute Gasteiger partial charge is 0.404 e. The first-order valence-electron chi connectivity index (χ1n) is 6.88. The quantitative estimate of drug-likeness (QED) is 0.300. The second-order valence-corrected chi connectivity index (χ2v) is 8.85. The molecule has 0 aromatic carbocycles. The summed E-state index contributed by atoms with van der Waals surface area (Å²) in [6.07, 6.45) is 8.73. The summed E-state index contributed by atoms with van der Waals surface area (Å²) in [5, 5.41) is 0. The molecule has 0 heterocycles. The van der Waals surface area contributed by atoms with Gasteiger partial charge in [-0.3, -0.25) is 9.05 Å². The van der Waals surface area contributed by atoms with Crippen LogP contribution in [0.15, 0.2) is 0 Å². The zero-order valence-corrected chi connectivity index (χ0v) is 14.0. The summed E-state index contributed by atoms with van der Waals surface area (Å²) >= 11 is 0. The van der Waals surface area contributed by atoms with Crippen LogP contribution < -0.4 is 0 Å². The Labute approximate surface area is 120 Å². The lowest BCUT2D eigenvalue weighted by atomic mass is 10.2. The van der Waals surface area contributed by atoms with Gasteiger partial charge in [0.1, 0.15) is 0 Å². The lowest BCUT2D eigenvalue weighted by molar-refractivity contribution is 0.213. The van der Waals surface area contributed by atoms with Gasteiger partial charge in [-0.1, -0.05) is 52.4 Å². The molecule has 0 N–H and O–H groups in total. The van der Waals surface area contributed by atoms with Crippen molar-refractivity contribution in [3.05, 3.63) is 0 Å². The summed E-state index contributed by atoms with van der Waals surface area (Å²) < 4.78 is 22.6. The predicted molar refractivity (Wildman–Crippen MR) is 81.2 cm³/mol. The van der Waals surface area contributed by atoms with Crippen LogP contribution in [-0.4, -0.2) is 13.2 Å². The Morgan fingerprint density at radius 2 is 1.33 bits per heavy atom. The molecule has 110 valence electrons. The zero-order chi connectivity index (χ0) is 13.7. The fraction of sp³-hybridized carbons (Fsp3) is 1.00. The van der Waals surface area contributed by atoms with Crippen molar-refractivity contribution in [3.8, 4) is 0 Å². The minimum Gasteiger partial charge on any atom is -0.300 e. The Morgan fingerprint density at radius 3 is 1.67 bits per heavy atom. The standard InChI is InChI=1S/C12H26ClO3PS/c1-3-5-7-9-11-15-17(14,18-13)16-12-10-8-6-4-2/h3-12H2,1-2H3. The molecule has 0 radical (unpaired) electrons. The highest BCUT2D eigenvalue weighted by Crippen LogP contribution is 2.62. The summed E-state index contributed by atoms with van der Waals surface area (Å²) in [5.74, 6) is 0. The third kappa shape index (κ3) is 10.7. The van der Waals surface area contributed by atoms with E-state index in [1.54, 1.807) is 0 Å². The highest BCUT2D eigenvalue weighted by atomic mass is 35.7. The molecule has 6 heteroatoms. The van der Waals surface area contributed by atoms with Gasteiger partial charge >= 0.3 is 6.80 Å². The molecule has 0 fully saturated rings. The molecule has 0 aliphatic rings. The maximum Gasteiger partial charge on any atom is 0.404 e. The Balaban J connectivity index is 3.64. The van der Waals surface area contributed by atoms with Crippen molar-refractivity contribution in [2.24, 2.45) is 0 Å². The fourth-order valence-electron chi connectivity index (χ4n) is 1.49.